The maximum atomic E-state index is 12.4. The average molecular weight is 591 g/mol. The molecule has 3 rings (SSSR count). The van der Waals surface area contributed by atoms with Gasteiger partial charge in [0.1, 0.15) is 24.1 Å². The Bertz CT molecular complexity index is 1130. The summed E-state index contributed by atoms with van der Waals surface area (Å²) in [5.41, 5.74) is -1.72. The first kappa shape index (κ1) is 30.6. The Labute approximate surface area is 212 Å². The maximum Gasteiger partial charge on any atom is 0.488 e. The molecule has 1 aromatic heterocycles. The van der Waals surface area contributed by atoms with Crippen molar-refractivity contribution in [1.29, 1.82) is 0 Å². The molecule has 7 atom stereocenters. The Morgan fingerprint density at radius 3 is 2.38 bits per heavy atom. The van der Waals surface area contributed by atoms with E-state index in [2.05, 4.69) is 23.4 Å². The first-order valence-corrected chi connectivity index (χ1v) is 16.3. The van der Waals surface area contributed by atoms with Crippen molar-refractivity contribution in [3.05, 3.63) is 22.7 Å². The summed E-state index contributed by atoms with van der Waals surface area (Å²) >= 11 is 0. The zero-order valence-corrected chi connectivity index (χ0v) is 22.6. The monoisotopic (exact) mass is 591 g/mol. The summed E-state index contributed by atoms with van der Waals surface area (Å²) in [4.78, 5) is 45.8. The third kappa shape index (κ3) is 8.25. The maximum absolute atomic E-state index is 12.4. The van der Waals surface area contributed by atoms with Gasteiger partial charge in [0.15, 0.2) is 6.23 Å². The van der Waals surface area contributed by atoms with Gasteiger partial charge >= 0.3 is 28.9 Å². The second-order valence-corrected chi connectivity index (χ2v) is 14.0. The van der Waals surface area contributed by atoms with Gasteiger partial charge < -0.3 is 34.9 Å². The molecule has 2 fully saturated rings. The summed E-state index contributed by atoms with van der Waals surface area (Å²) in [6, 6.07) is 1.45. The highest BCUT2D eigenvalue weighted by Crippen LogP contribution is 2.69. The molecule has 1 aromatic rings. The van der Waals surface area contributed by atoms with Gasteiger partial charge in [0.25, 0.3) is 0 Å². The minimum Gasteiger partial charge on any atom is -0.387 e. The Balaban J connectivity index is 1.59. The van der Waals surface area contributed by atoms with E-state index in [0.29, 0.717) is 25.2 Å². The lowest BCUT2D eigenvalue weighted by Crippen LogP contribution is -2.36. The first-order valence-electron chi connectivity index (χ1n) is 11.6. The number of anilines is 1. The van der Waals surface area contributed by atoms with Crippen molar-refractivity contribution in [2.75, 3.05) is 18.5 Å². The molecule has 1 saturated carbocycles. The lowest BCUT2D eigenvalue weighted by atomic mass is 10.0. The smallest absolute Gasteiger partial charge is 0.387 e. The van der Waals surface area contributed by atoms with E-state index < -0.39 is 65.7 Å². The molecular formula is C18H32N3O13P3. The van der Waals surface area contributed by atoms with E-state index in [9.17, 15) is 43.4 Å². The number of ether oxygens (including phenoxy) is 1. The lowest BCUT2D eigenvalue weighted by molar-refractivity contribution is -0.0541. The molecule has 1 saturated heterocycles. The third-order valence-corrected chi connectivity index (χ3v) is 11.2. The van der Waals surface area contributed by atoms with Crippen LogP contribution >= 0.6 is 23.2 Å². The normalized spacial score (nSPS) is 29.8. The fraction of sp³-hybridized carbons (Fsp3) is 0.778. The molecule has 0 amide bonds. The number of aliphatic hydroxyl groups excluding tert-OH is 2. The van der Waals surface area contributed by atoms with Crippen LogP contribution in [0.4, 0.5) is 5.82 Å². The molecule has 4 unspecified atom stereocenters. The van der Waals surface area contributed by atoms with Gasteiger partial charge in [-0.3, -0.25) is 13.7 Å². The van der Waals surface area contributed by atoms with Crippen LogP contribution in [0.2, 0.25) is 0 Å². The van der Waals surface area contributed by atoms with E-state index in [1.165, 1.54) is 12.3 Å². The molecule has 19 heteroatoms. The Morgan fingerprint density at radius 1 is 1.08 bits per heavy atom. The van der Waals surface area contributed by atoms with Crippen molar-refractivity contribution in [2.45, 2.75) is 75.6 Å². The van der Waals surface area contributed by atoms with Crippen molar-refractivity contribution in [3.63, 3.8) is 0 Å². The molecule has 37 heavy (non-hydrogen) atoms. The molecule has 1 aliphatic carbocycles. The number of aromatic nitrogens is 2. The van der Waals surface area contributed by atoms with Crippen LogP contribution in [0.1, 0.15) is 51.7 Å². The highest BCUT2D eigenvalue weighted by Gasteiger charge is 2.48. The highest BCUT2D eigenvalue weighted by molar-refractivity contribution is 7.68. The van der Waals surface area contributed by atoms with Gasteiger partial charge in [0.05, 0.1) is 12.3 Å². The number of rotatable bonds is 12. The number of nitrogens with one attached hydrogen (secondary N) is 1. The van der Waals surface area contributed by atoms with Gasteiger partial charge in [0.2, 0.25) is 0 Å². The van der Waals surface area contributed by atoms with E-state index in [1.807, 2.05) is 6.92 Å². The molecule has 0 bridgehead atoms. The predicted molar refractivity (Wildman–Crippen MR) is 128 cm³/mol. The van der Waals surface area contributed by atoms with Crippen LogP contribution in [-0.4, -0.2) is 71.6 Å². The quantitative estimate of drug-likeness (QED) is 0.189. The number of phosphoric ester groups is 1. The van der Waals surface area contributed by atoms with E-state index in [0.717, 1.165) is 17.4 Å². The third-order valence-electron chi connectivity index (χ3n) is 5.86. The molecule has 0 aromatic carbocycles. The fourth-order valence-electron chi connectivity index (χ4n) is 4.01. The van der Waals surface area contributed by atoms with Crippen LogP contribution < -0.4 is 11.0 Å². The van der Waals surface area contributed by atoms with E-state index in [1.54, 1.807) is 0 Å². The van der Waals surface area contributed by atoms with Crippen LogP contribution in [0.5, 0.6) is 0 Å². The van der Waals surface area contributed by atoms with Gasteiger partial charge in [-0.1, -0.05) is 26.2 Å². The standard InChI is InChI=1S/C18H32N3O13P3/c1-2-9-19-14-8-10-21(18(24)20-14)17-16(23)15(22)13(32-17)11-31-36(27,28)34-37(29,30)33-35(25,26)12-6-4-3-5-7-12/h8,10,12-13,15-17,22-23H,2-7,9,11H2,1H3,(H,25,26)(H,27,28)(H,29,30)(H,19,20,24)/t13-,15+,16?,17-/m1/s1. The van der Waals surface area contributed by atoms with Crippen LogP contribution in [0.3, 0.4) is 0 Å². The van der Waals surface area contributed by atoms with Crippen molar-refractivity contribution in [1.82, 2.24) is 9.55 Å². The zero-order valence-electron chi connectivity index (χ0n) is 19.9. The molecule has 16 nitrogen and oxygen atoms in total. The Kier molecular flexibility index (Phi) is 10.3. The second kappa shape index (κ2) is 12.5. The highest BCUT2D eigenvalue weighted by atomic mass is 31.3. The number of aliphatic hydroxyl groups is 2. The van der Waals surface area contributed by atoms with Crippen molar-refractivity contribution in [2.24, 2.45) is 0 Å². The van der Waals surface area contributed by atoms with Gasteiger partial charge in [0, 0.05) is 12.7 Å². The van der Waals surface area contributed by atoms with Gasteiger partial charge in [-0.2, -0.15) is 9.29 Å². The van der Waals surface area contributed by atoms with Crippen molar-refractivity contribution >= 4 is 29.1 Å². The topological polar surface area (TPSA) is 236 Å². The summed E-state index contributed by atoms with van der Waals surface area (Å²) in [5, 5.41) is 23.5. The van der Waals surface area contributed by atoms with Crippen molar-refractivity contribution in [3.8, 4) is 0 Å². The summed E-state index contributed by atoms with van der Waals surface area (Å²) in [5.74, 6) is 0.293. The van der Waals surface area contributed by atoms with Crippen LogP contribution in [0.15, 0.2) is 17.1 Å². The molecule has 0 radical (unpaired) electrons. The van der Waals surface area contributed by atoms with Gasteiger partial charge in [-0.25, -0.2) is 18.2 Å². The zero-order chi connectivity index (χ0) is 27.4. The Morgan fingerprint density at radius 2 is 1.76 bits per heavy atom. The lowest BCUT2D eigenvalue weighted by Gasteiger charge is -2.27. The van der Waals surface area contributed by atoms with E-state index >= 15 is 0 Å². The second-order valence-electron chi connectivity index (χ2n) is 8.73. The summed E-state index contributed by atoms with van der Waals surface area (Å²) in [6.07, 6.45) is -1.57. The molecule has 0 spiro atoms. The predicted octanol–water partition coefficient (Wildman–Crippen LogP) is 1.45. The molecular weight excluding hydrogens is 559 g/mol. The molecule has 2 heterocycles. The number of nitrogens with zero attached hydrogens (tertiary/aromatic N) is 2. The summed E-state index contributed by atoms with van der Waals surface area (Å²) < 4.78 is 56.1. The van der Waals surface area contributed by atoms with Crippen molar-refractivity contribution < 1.29 is 56.5 Å². The number of hydrogen-bond donors (Lipinski definition) is 6. The molecule has 212 valence electrons. The first-order chi connectivity index (χ1) is 17.2. The SMILES string of the molecule is CCCNc1ccn([C@@H]2O[C@H](COP(=O)(O)OP(=O)(O)OP(=O)(O)C3CCCCC3)[C@H](O)C2O)c(=O)n1. The van der Waals surface area contributed by atoms with E-state index in [-0.39, 0.29) is 12.8 Å². The summed E-state index contributed by atoms with van der Waals surface area (Å²) in [6.45, 7) is 1.56. The van der Waals surface area contributed by atoms with Crippen LogP contribution in [0.25, 0.3) is 0 Å². The minimum atomic E-state index is -5.53. The Hall–Kier alpha value is -0.990. The summed E-state index contributed by atoms with van der Waals surface area (Å²) in [7, 11) is -15.6. The number of hydrogen-bond acceptors (Lipinski definition) is 12. The molecule has 2 aliphatic rings. The van der Waals surface area contributed by atoms with Gasteiger partial charge in [-0.05, 0) is 25.3 Å². The molecule has 6 N–H and O–H groups in total. The molecule has 1 aliphatic heterocycles. The van der Waals surface area contributed by atoms with Crippen LogP contribution in [-0.2, 0) is 31.6 Å². The fourth-order valence-corrected chi connectivity index (χ4v) is 8.70. The minimum absolute atomic E-state index is 0.276. The van der Waals surface area contributed by atoms with Gasteiger partial charge in [-0.15, -0.1) is 0 Å². The van der Waals surface area contributed by atoms with E-state index in [4.69, 9.17) is 4.74 Å². The van der Waals surface area contributed by atoms with Crippen LogP contribution in [0, 0.1) is 0 Å². The average Bonchev–Trinajstić information content (AvgIpc) is 3.09. The number of phosphoric acid groups is 2. The largest absolute Gasteiger partial charge is 0.488 e.